The molecule has 1 fully saturated rings. The first-order chi connectivity index (χ1) is 9.36. The van der Waals surface area contributed by atoms with E-state index in [0.29, 0.717) is 5.69 Å². The molecule has 1 unspecified atom stereocenters. The van der Waals surface area contributed by atoms with Gasteiger partial charge in [-0.15, -0.1) is 0 Å². The van der Waals surface area contributed by atoms with Crippen molar-refractivity contribution in [1.82, 2.24) is 4.90 Å². The average Bonchev–Trinajstić information content (AvgIpc) is 2.83. The van der Waals surface area contributed by atoms with Crippen LogP contribution in [-0.2, 0) is 9.84 Å². The van der Waals surface area contributed by atoms with E-state index in [1.807, 2.05) is 0 Å². The molecule has 1 aliphatic heterocycles. The Balaban J connectivity index is 2.02. The first kappa shape index (κ1) is 15.1. The average molecular weight is 297 g/mol. The molecule has 112 valence electrons. The maximum absolute atomic E-state index is 11.5. The van der Waals surface area contributed by atoms with Gasteiger partial charge in [-0.2, -0.15) is 0 Å². The van der Waals surface area contributed by atoms with Gasteiger partial charge in [0.05, 0.1) is 16.3 Å². The van der Waals surface area contributed by atoms with Crippen LogP contribution >= 0.6 is 0 Å². The highest BCUT2D eigenvalue weighted by Gasteiger charge is 2.15. The molecule has 0 radical (unpaired) electrons. The van der Waals surface area contributed by atoms with Gasteiger partial charge in [0.2, 0.25) is 0 Å². The SMILES string of the molecule is CC(CN1CCCC1)Nc1ccc(S(C)(=O)=O)cc1N. The molecular weight excluding hydrogens is 274 g/mol. The molecule has 6 heteroatoms. The molecule has 5 nitrogen and oxygen atoms in total. The number of anilines is 2. The number of rotatable bonds is 5. The molecule has 3 N–H and O–H groups in total. The van der Waals surface area contributed by atoms with Gasteiger partial charge in [-0.05, 0) is 51.1 Å². The van der Waals surface area contributed by atoms with Crippen LogP contribution in [0.25, 0.3) is 0 Å². The molecule has 20 heavy (non-hydrogen) atoms. The summed E-state index contributed by atoms with van der Waals surface area (Å²) in [5.74, 6) is 0. The van der Waals surface area contributed by atoms with E-state index in [1.54, 1.807) is 12.1 Å². The lowest BCUT2D eigenvalue weighted by atomic mass is 10.2. The zero-order valence-corrected chi connectivity index (χ0v) is 12.9. The van der Waals surface area contributed by atoms with Gasteiger partial charge >= 0.3 is 0 Å². The van der Waals surface area contributed by atoms with Crippen LogP contribution in [0.5, 0.6) is 0 Å². The van der Waals surface area contributed by atoms with Crippen molar-refractivity contribution in [1.29, 1.82) is 0 Å². The molecule has 1 saturated heterocycles. The summed E-state index contributed by atoms with van der Waals surface area (Å²) in [4.78, 5) is 2.69. The van der Waals surface area contributed by atoms with E-state index in [4.69, 9.17) is 5.73 Å². The largest absolute Gasteiger partial charge is 0.397 e. The van der Waals surface area contributed by atoms with Crippen LogP contribution in [-0.4, -0.2) is 45.2 Å². The first-order valence-electron chi connectivity index (χ1n) is 6.95. The standard InChI is InChI=1S/C14H23N3O2S/c1-11(10-17-7-3-4-8-17)16-14-6-5-12(9-13(14)15)20(2,18)19/h5-6,9,11,16H,3-4,7-8,10,15H2,1-2H3. The van der Waals surface area contributed by atoms with E-state index in [2.05, 4.69) is 17.1 Å². The Labute approximate surface area is 121 Å². The highest BCUT2D eigenvalue weighted by atomic mass is 32.2. The van der Waals surface area contributed by atoms with Crippen LogP contribution in [0, 0.1) is 0 Å². The molecule has 0 amide bonds. The lowest BCUT2D eigenvalue weighted by Gasteiger charge is -2.22. The van der Waals surface area contributed by atoms with Crippen LogP contribution in [0.1, 0.15) is 19.8 Å². The number of nitrogens with two attached hydrogens (primary N) is 1. The second-order valence-corrected chi connectivity index (χ2v) is 7.59. The Morgan fingerprint density at radius 3 is 2.55 bits per heavy atom. The topological polar surface area (TPSA) is 75.4 Å². The Kier molecular flexibility index (Phi) is 4.55. The number of hydrogen-bond donors (Lipinski definition) is 2. The van der Waals surface area contributed by atoms with Crippen LogP contribution in [0.3, 0.4) is 0 Å². The molecule has 1 aromatic carbocycles. The third-order valence-electron chi connectivity index (χ3n) is 3.58. The van der Waals surface area contributed by atoms with Crippen molar-refractivity contribution >= 4 is 21.2 Å². The maximum Gasteiger partial charge on any atom is 0.175 e. The van der Waals surface area contributed by atoms with Gasteiger partial charge in [-0.3, -0.25) is 0 Å². The van der Waals surface area contributed by atoms with Gasteiger partial charge in [0.25, 0.3) is 0 Å². The predicted molar refractivity (Wildman–Crippen MR) is 82.7 cm³/mol. The second-order valence-electron chi connectivity index (χ2n) is 5.57. The highest BCUT2D eigenvalue weighted by Crippen LogP contribution is 2.23. The number of hydrogen-bond acceptors (Lipinski definition) is 5. The summed E-state index contributed by atoms with van der Waals surface area (Å²) in [6.45, 7) is 5.42. The number of nitrogens with one attached hydrogen (secondary N) is 1. The number of benzene rings is 1. The van der Waals surface area contributed by atoms with E-state index < -0.39 is 9.84 Å². The van der Waals surface area contributed by atoms with Crippen molar-refractivity contribution in [2.45, 2.75) is 30.7 Å². The van der Waals surface area contributed by atoms with Gasteiger partial charge in [-0.25, -0.2) is 8.42 Å². The van der Waals surface area contributed by atoms with Crippen LogP contribution in [0.2, 0.25) is 0 Å². The third kappa shape index (κ3) is 3.86. The van der Waals surface area contributed by atoms with Gasteiger partial charge < -0.3 is 16.0 Å². The fraction of sp³-hybridized carbons (Fsp3) is 0.571. The second kappa shape index (κ2) is 6.01. The highest BCUT2D eigenvalue weighted by molar-refractivity contribution is 7.90. The number of nitrogen functional groups attached to an aromatic ring is 1. The molecule has 1 atom stereocenters. The Morgan fingerprint density at radius 2 is 2.00 bits per heavy atom. The summed E-state index contributed by atoms with van der Waals surface area (Å²) in [5, 5.41) is 3.35. The molecule has 0 aliphatic carbocycles. The molecule has 0 spiro atoms. The fourth-order valence-electron chi connectivity index (χ4n) is 2.57. The minimum atomic E-state index is -3.21. The minimum Gasteiger partial charge on any atom is -0.397 e. The maximum atomic E-state index is 11.5. The van der Waals surface area contributed by atoms with Gasteiger partial charge in [0.15, 0.2) is 9.84 Å². The van der Waals surface area contributed by atoms with Crippen molar-refractivity contribution in [3.63, 3.8) is 0 Å². The fourth-order valence-corrected chi connectivity index (χ4v) is 3.22. The van der Waals surface area contributed by atoms with Crippen molar-refractivity contribution in [2.75, 3.05) is 36.9 Å². The van der Waals surface area contributed by atoms with Crippen molar-refractivity contribution < 1.29 is 8.42 Å². The summed E-state index contributed by atoms with van der Waals surface area (Å²) in [6.07, 6.45) is 3.74. The van der Waals surface area contributed by atoms with Gasteiger partial charge in [-0.1, -0.05) is 0 Å². The van der Waals surface area contributed by atoms with Gasteiger partial charge in [0, 0.05) is 18.8 Å². The molecule has 2 rings (SSSR count). The smallest absolute Gasteiger partial charge is 0.175 e. The van der Waals surface area contributed by atoms with E-state index in [-0.39, 0.29) is 10.9 Å². The first-order valence-corrected chi connectivity index (χ1v) is 8.84. The summed E-state index contributed by atoms with van der Waals surface area (Å²) < 4.78 is 22.9. The lowest BCUT2D eigenvalue weighted by Crippen LogP contribution is -2.33. The quantitative estimate of drug-likeness (QED) is 0.807. The molecule has 1 heterocycles. The summed E-state index contributed by atoms with van der Waals surface area (Å²) >= 11 is 0. The van der Waals surface area contributed by atoms with Crippen LogP contribution < -0.4 is 11.1 Å². The normalized spacial score (nSPS) is 18.1. The summed E-state index contributed by atoms with van der Waals surface area (Å²) in [6, 6.07) is 5.13. The number of likely N-dealkylation sites (tertiary alicyclic amines) is 1. The lowest BCUT2D eigenvalue weighted by molar-refractivity contribution is 0.328. The Morgan fingerprint density at radius 1 is 1.35 bits per heavy atom. The van der Waals surface area contributed by atoms with Crippen LogP contribution in [0.15, 0.2) is 23.1 Å². The van der Waals surface area contributed by atoms with Crippen LogP contribution in [0.4, 0.5) is 11.4 Å². The van der Waals surface area contributed by atoms with Crippen molar-refractivity contribution in [3.8, 4) is 0 Å². The summed E-state index contributed by atoms with van der Waals surface area (Å²) in [5.41, 5.74) is 7.20. The van der Waals surface area contributed by atoms with Gasteiger partial charge in [0.1, 0.15) is 0 Å². The number of nitrogens with zero attached hydrogens (tertiary/aromatic N) is 1. The molecule has 0 bridgehead atoms. The third-order valence-corrected chi connectivity index (χ3v) is 4.69. The molecule has 1 aromatic rings. The Bertz CT molecular complexity index is 566. The van der Waals surface area contributed by atoms with E-state index >= 15 is 0 Å². The summed E-state index contributed by atoms with van der Waals surface area (Å²) in [7, 11) is -3.21. The molecule has 0 aromatic heterocycles. The van der Waals surface area contributed by atoms with E-state index in [1.165, 1.54) is 25.2 Å². The minimum absolute atomic E-state index is 0.257. The predicted octanol–water partition coefficient (Wildman–Crippen LogP) is 1.57. The molecule has 0 saturated carbocycles. The van der Waals surface area contributed by atoms with E-state index in [0.717, 1.165) is 25.3 Å². The number of sulfone groups is 1. The van der Waals surface area contributed by atoms with Crippen molar-refractivity contribution in [3.05, 3.63) is 18.2 Å². The molecular formula is C14H23N3O2S. The van der Waals surface area contributed by atoms with E-state index in [9.17, 15) is 8.42 Å². The molecule has 1 aliphatic rings. The zero-order valence-electron chi connectivity index (χ0n) is 12.1. The zero-order chi connectivity index (χ0) is 14.8. The van der Waals surface area contributed by atoms with Crippen molar-refractivity contribution in [2.24, 2.45) is 0 Å². The Hall–Kier alpha value is -1.27. The monoisotopic (exact) mass is 297 g/mol.